The smallest absolute Gasteiger partial charge is 0.395 e. The Morgan fingerprint density at radius 1 is 0.900 bits per heavy atom. The lowest BCUT2D eigenvalue weighted by molar-refractivity contribution is -0.286. The molecule has 3 heterocycles. The highest BCUT2D eigenvalue weighted by atomic mass is 32.2. The number of benzene rings is 3. The third kappa shape index (κ3) is 4.55. The van der Waals surface area contributed by atoms with Gasteiger partial charge < -0.3 is 14.0 Å². The Kier molecular flexibility index (Phi) is 6.06. The Hall–Kier alpha value is -4.72. The molecule has 0 atom stereocenters. The van der Waals surface area contributed by atoms with E-state index in [-0.39, 0.29) is 22.2 Å². The zero-order chi connectivity index (χ0) is 28.2. The molecule has 5 aromatic rings. The van der Waals surface area contributed by atoms with E-state index in [0.29, 0.717) is 33.8 Å². The predicted octanol–water partition coefficient (Wildman–Crippen LogP) is 5.32. The van der Waals surface area contributed by atoms with E-state index in [1.807, 2.05) is 0 Å². The summed E-state index contributed by atoms with van der Waals surface area (Å²) in [5, 5.41) is 8.19. The van der Waals surface area contributed by atoms with Crippen molar-refractivity contribution in [3.63, 3.8) is 0 Å². The van der Waals surface area contributed by atoms with Crippen molar-refractivity contribution in [1.82, 2.24) is 24.5 Å². The molecular weight excluding hydrogens is 554 g/mol. The number of imidazole rings is 1. The largest absolute Gasteiger partial charge is 0.586 e. The van der Waals surface area contributed by atoms with Crippen LogP contribution in [-0.4, -0.2) is 39.3 Å². The standard InChI is InChI=1S/C26H17F4N5O4S/c1-14-32-19(25(27)28)13-34(14)20-7-5-16(15-3-2-4-18(9-15)40(36)37)10-21(20)35-22(12-31-33-35)17-6-8-23-24(11-17)39-26(29,30)38-23/h2-13,25,40H,1H3. The number of hydrogen-bond acceptors (Lipinski definition) is 7. The second-order valence-corrected chi connectivity index (χ2v) is 9.79. The lowest BCUT2D eigenvalue weighted by atomic mass is 10.0. The molecule has 0 saturated carbocycles. The number of thiol groups is 1. The van der Waals surface area contributed by atoms with Crippen LogP contribution in [0.5, 0.6) is 11.5 Å². The van der Waals surface area contributed by atoms with Gasteiger partial charge in [0.05, 0.1) is 28.2 Å². The third-order valence-electron chi connectivity index (χ3n) is 6.22. The highest BCUT2D eigenvalue weighted by Gasteiger charge is 2.43. The molecule has 0 spiro atoms. The van der Waals surface area contributed by atoms with E-state index in [4.69, 9.17) is 0 Å². The van der Waals surface area contributed by atoms with Gasteiger partial charge in [-0.3, -0.25) is 0 Å². The third-order valence-corrected chi connectivity index (χ3v) is 6.92. The Bertz CT molecular complexity index is 1840. The minimum absolute atomic E-state index is 0.115. The molecule has 6 rings (SSSR count). The van der Waals surface area contributed by atoms with Crippen LogP contribution in [0.2, 0.25) is 0 Å². The Balaban J connectivity index is 1.54. The number of hydrogen-bond donors (Lipinski definition) is 1. The van der Waals surface area contributed by atoms with Crippen LogP contribution in [0, 0.1) is 6.92 Å². The first-order valence-electron chi connectivity index (χ1n) is 11.6. The first-order valence-corrected chi connectivity index (χ1v) is 12.8. The maximum Gasteiger partial charge on any atom is 0.586 e. The summed E-state index contributed by atoms with van der Waals surface area (Å²) in [6.45, 7) is 1.57. The lowest BCUT2D eigenvalue weighted by Gasteiger charge is -2.16. The van der Waals surface area contributed by atoms with Gasteiger partial charge in [-0.2, -0.15) is 0 Å². The van der Waals surface area contributed by atoms with Crippen LogP contribution in [0.1, 0.15) is 17.9 Å². The Labute approximate surface area is 225 Å². The minimum atomic E-state index is -3.80. The summed E-state index contributed by atoms with van der Waals surface area (Å²) < 4.78 is 89.2. The monoisotopic (exact) mass is 571 g/mol. The molecule has 0 unspecified atom stereocenters. The molecule has 0 bridgehead atoms. The summed E-state index contributed by atoms with van der Waals surface area (Å²) in [5.74, 6) is -0.0398. The number of rotatable bonds is 6. The number of halogens is 4. The summed E-state index contributed by atoms with van der Waals surface area (Å²) in [6, 6.07) is 15.5. The maximum atomic E-state index is 13.6. The molecule has 0 N–H and O–H groups in total. The van der Waals surface area contributed by atoms with Crippen LogP contribution in [0.15, 0.2) is 78.0 Å². The van der Waals surface area contributed by atoms with E-state index < -0.39 is 29.1 Å². The summed E-state index contributed by atoms with van der Waals surface area (Å²) in [5.41, 5.74) is 2.29. The zero-order valence-electron chi connectivity index (χ0n) is 20.3. The summed E-state index contributed by atoms with van der Waals surface area (Å²) in [4.78, 5) is 4.07. The number of nitrogens with zero attached hydrogens (tertiary/aromatic N) is 5. The van der Waals surface area contributed by atoms with Crippen molar-refractivity contribution < 1.29 is 35.5 Å². The zero-order valence-corrected chi connectivity index (χ0v) is 21.2. The van der Waals surface area contributed by atoms with Gasteiger partial charge in [-0.05, 0) is 60.5 Å². The molecule has 3 aromatic carbocycles. The average Bonchev–Trinajstić information content (AvgIpc) is 3.63. The topological polar surface area (TPSA) is 101 Å². The van der Waals surface area contributed by atoms with E-state index in [9.17, 15) is 26.0 Å². The quantitative estimate of drug-likeness (QED) is 0.217. The van der Waals surface area contributed by atoms with Crippen molar-refractivity contribution in [3.8, 4) is 45.3 Å². The number of alkyl halides is 4. The molecule has 0 amide bonds. The average molecular weight is 572 g/mol. The molecule has 0 saturated heterocycles. The van der Waals surface area contributed by atoms with E-state index >= 15 is 0 Å². The van der Waals surface area contributed by atoms with Gasteiger partial charge in [-0.15, -0.1) is 13.9 Å². The lowest BCUT2D eigenvalue weighted by Crippen LogP contribution is -2.25. The van der Waals surface area contributed by atoms with Crippen molar-refractivity contribution in [1.29, 1.82) is 0 Å². The summed E-state index contributed by atoms with van der Waals surface area (Å²) in [6.07, 6.45) is -3.99. The second kappa shape index (κ2) is 9.48. The van der Waals surface area contributed by atoms with Crippen LogP contribution < -0.4 is 9.47 Å². The second-order valence-electron chi connectivity index (χ2n) is 8.75. The van der Waals surface area contributed by atoms with Gasteiger partial charge >= 0.3 is 6.29 Å². The van der Waals surface area contributed by atoms with Crippen LogP contribution >= 0.6 is 0 Å². The molecule has 14 heteroatoms. The summed E-state index contributed by atoms with van der Waals surface area (Å²) >= 11 is 0. The van der Waals surface area contributed by atoms with E-state index in [1.165, 1.54) is 52.0 Å². The number of fused-ring (bicyclic) bond motifs is 1. The van der Waals surface area contributed by atoms with E-state index in [1.54, 1.807) is 37.3 Å². The fourth-order valence-corrected chi connectivity index (χ4v) is 4.89. The molecule has 9 nitrogen and oxygen atoms in total. The van der Waals surface area contributed by atoms with E-state index in [0.717, 1.165) is 0 Å². The highest BCUT2D eigenvalue weighted by molar-refractivity contribution is 7.72. The first kappa shape index (κ1) is 25.6. The molecule has 0 fully saturated rings. The van der Waals surface area contributed by atoms with Crippen LogP contribution in [0.4, 0.5) is 17.6 Å². The molecule has 0 aliphatic carbocycles. The van der Waals surface area contributed by atoms with Crippen molar-refractivity contribution >= 4 is 10.7 Å². The molecule has 1 aliphatic rings. The molecule has 1 aliphatic heterocycles. The minimum Gasteiger partial charge on any atom is -0.395 e. The SMILES string of the molecule is Cc1nc(C(F)F)cn1-c1ccc(-c2cccc([SH](=O)=O)c2)cc1-n1nncc1-c1ccc2c(c1)OC(F)(F)O2. The summed E-state index contributed by atoms with van der Waals surface area (Å²) in [7, 11) is -2.83. The van der Waals surface area contributed by atoms with Gasteiger partial charge in [0.15, 0.2) is 22.2 Å². The van der Waals surface area contributed by atoms with Gasteiger partial charge in [-0.1, -0.05) is 23.4 Å². The van der Waals surface area contributed by atoms with Crippen LogP contribution in [-0.2, 0) is 10.7 Å². The van der Waals surface area contributed by atoms with Crippen molar-refractivity contribution in [3.05, 3.63) is 84.6 Å². The molecule has 0 radical (unpaired) electrons. The van der Waals surface area contributed by atoms with E-state index in [2.05, 4.69) is 24.8 Å². The van der Waals surface area contributed by atoms with Crippen LogP contribution in [0.3, 0.4) is 0 Å². The number of ether oxygens (including phenoxy) is 2. The van der Waals surface area contributed by atoms with Gasteiger partial charge in [0.25, 0.3) is 6.43 Å². The number of aromatic nitrogens is 5. The molecule has 40 heavy (non-hydrogen) atoms. The van der Waals surface area contributed by atoms with Gasteiger partial charge in [0, 0.05) is 11.8 Å². The highest BCUT2D eigenvalue weighted by Crippen LogP contribution is 2.43. The normalized spacial score (nSPS) is 13.9. The fraction of sp³-hybridized carbons (Fsp3) is 0.115. The van der Waals surface area contributed by atoms with Crippen molar-refractivity contribution in [2.45, 2.75) is 24.5 Å². The van der Waals surface area contributed by atoms with Crippen LogP contribution in [0.25, 0.3) is 33.8 Å². The maximum absolute atomic E-state index is 13.6. The van der Waals surface area contributed by atoms with Gasteiger partial charge in [0.1, 0.15) is 11.5 Å². The number of aryl methyl sites for hydroxylation is 1. The van der Waals surface area contributed by atoms with Gasteiger partial charge in [-0.25, -0.2) is 26.9 Å². The molecule has 204 valence electrons. The van der Waals surface area contributed by atoms with Crippen molar-refractivity contribution in [2.24, 2.45) is 0 Å². The van der Waals surface area contributed by atoms with Gasteiger partial charge in [0.2, 0.25) is 0 Å². The molecule has 2 aromatic heterocycles. The Morgan fingerprint density at radius 3 is 2.40 bits per heavy atom. The van der Waals surface area contributed by atoms with Crippen molar-refractivity contribution in [2.75, 3.05) is 0 Å². The fourth-order valence-electron chi connectivity index (χ4n) is 4.44. The first-order chi connectivity index (χ1) is 19.1. The predicted molar refractivity (Wildman–Crippen MR) is 134 cm³/mol. The Morgan fingerprint density at radius 2 is 1.65 bits per heavy atom. The molecular formula is C26H17F4N5O4S.